The van der Waals surface area contributed by atoms with Gasteiger partial charge in [-0.05, 0) is 109 Å². The van der Waals surface area contributed by atoms with Gasteiger partial charge in [0.2, 0.25) is 0 Å². The van der Waals surface area contributed by atoms with Gasteiger partial charge in [-0.2, -0.15) is 0 Å². The molecule has 3 saturated heterocycles. The molecule has 3 heterocycles. The number of halogens is 2. The third-order valence-electron chi connectivity index (χ3n) is 9.89. The highest BCUT2D eigenvalue weighted by atomic mass is 19.1. The molecule has 1 aromatic rings. The van der Waals surface area contributed by atoms with Crippen LogP contribution in [-0.2, 0) is 14.9 Å². The van der Waals surface area contributed by atoms with Crippen molar-refractivity contribution in [1.82, 2.24) is 20.0 Å². The first kappa shape index (κ1) is 31.0. The molecule has 0 radical (unpaired) electrons. The molecule has 3 aliphatic heterocycles. The zero-order valence-corrected chi connectivity index (χ0v) is 25.7. The second kappa shape index (κ2) is 12.3. The molecular formula is C32H48F2N4O4. The highest BCUT2D eigenvalue weighted by Gasteiger charge is 2.54. The number of alkyl carbamates (subject to hydrolysis) is 1. The van der Waals surface area contributed by atoms with Crippen LogP contribution in [0, 0.1) is 17.7 Å². The molecule has 0 spiro atoms. The van der Waals surface area contributed by atoms with Crippen molar-refractivity contribution in [3.8, 4) is 0 Å². The molecule has 4 aliphatic rings. The summed E-state index contributed by atoms with van der Waals surface area (Å²) in [5.74, 6) is 0.140. The predicted molar refractivity (Wildman–Crippen MR) is 157 cm³/mol. The highest BCUT2D eigenvalue weighted by Crippen LogP contribution is 2.51. The molecular weight excluding hydrogens is 542 g/mol. The number of carbonyl (C=O) groups is 2. The van der Waals surface area contributed by atoms with Gasteiger partial charge in [0, 0.05) is 24.5 Å². The van der Waals surface area contributed by atoms with Crippen molar-refractivity contribution in [3.63, 3.8) is 0 Å². The number of alkyl halides is 1. The van der Waals surface area contributed by atoms with Gasteiger partial charge in [0.05, 0.1) is 20.2 Å². The average molecular weight is 591 g/mol. The number of nitrogens with zero attached hydrogens (tertiary/aromatic N) is 3. The standard InChI is InChI=1S/C32H48F2N4O4/c1-30(2,3)42-29(40)38-20-31(34,21-38)19-37-16-12-23(13-17-37)32(22-36-14-7-15-36,24-8-5-9-25(33)18-24)26-10-6-11-27(26)35-28(39)41-4/h5,8-9,18,23,26-27H,6-7,10-17,19-22H2,1-4H3,(H,35,39)/t26-,27-,32?/m0/s1. The lowest BCUT2D eigenvalue weighted by Crippen LogP contribution is -2.66. The van der Waals surface area contributed by atoms with Crippen molar-refractivity contribution in [1.29, 1.82) is 0 Å². The van der Waals surface area contributed by atoms with Gasteiger partial charge in [-0.3, -0.25) is 4.90 Å². The first-order chi connectivity index (χ1) is 19.9. The Bertz CT molecular complexity index is 1110. The lowest BCUT2D eigenvalue weighted by Gasteiger charge is -2.54. The van der Waals surface area contributed by atoms with E-state index in [4.69, 9.17) is 9.47 Å². The summed E-state index contributed by atoms with van der Waals surface area (Å²) < 4.78 is 40.9. The van der Waals surface area contributed by atoms with Crippen LogP contribution in [0.3, 0.4) is 0 Å². The third kappa shape index (κ3) is 6.69. The molecule has 0 aromatic heterocycles. The van der Waals surface area contributed by atoms with Crippen LogP contribution < -0.4 is 5.32 Å². The van der Waals surface area contributed by atoms with Gasteiger partial charge in [-0.1, -0.05) is 18.6 Å². The number of piperidine rings is 1. The topological polar surface area (TPSA) is 74.4 Å². The number of nitrogens with one attached hydrogen (secondary N) is 1. The van der Waals surface area contributed by atoms with E-state index in [9.17, 15) is 14.0 Å². The van der Waals surface area contributed by atoms with Crippen LogP contribution in [-0.4, -0.2) is 104 Å². The van der Waals surface area contributed by atoms with E-state index in [-0.39, 0.29) is 48.7 Å². The van der Waals surface area contributed by atoms with E-state index in [1.165, 1.54) is 18.1 Å². The van der Waals surface area contributed by atoms with Crippen LogP contribution in [0.5, 0.6) is 0 Å². The molecule has 0 bridgehead atoms. The Morgan fingerprint density at radius 1 is 1.02 bits per heavy atom. The van der Waals surface area contributed by atoms with E-state index >= 15 is 4.39 Å². The van der Waals surface area contributed by atoms with Gasteiger partial charge >= 0.3 is 12.2 Å². The summed E-state index contributed by atoms with van der Waals surface area (Å²) in [7, 11) is 1.39. The Morgan fingerprint density at radius 3 is 2.33 bits per heavy atom. The van der Waals surface area contributed by atoms with Crippen molar-refractivity contribution in [2.75, 3.05) is 59.5 Å². The molecule has 5 rings (SSSR count). The van der Waals surface area contributed by atoms with Crippen molar-refractivity contribution in [2.24, 2.45) is 11.8 Å². The summed E-state index contributed by atoms with van der Waals surface area (Å²) in [4.78, 5) is 30.8. The monoisotopic (exact) mass is 590 g/mol. The molecule has 10 heteroatoms. The minimum absolute atomic E-state index is 0.0486. The summed E-state index contributed by atoms with van der Waals surface area (Å²) in [6, 6.07) is 7.03. The summed E-state index contributed by atoms with van der Waals surface area (Å²) in [5, 5.41) is 3.12. The number of carbonyl (C=O) groups excluding carboxylic acids is 2. The fourth-order valence-electron chi connectivity index (χ4n) is 7.94. The van der Waals surface area contributed by atoms with Crippen LogP contribution in [0.4, 0.5) is 18.4 Å². The molecule has 42 heavy (non-hydrogen) atoms. The van der Waals surface area contributed by atoms with Crippen molar-refractivity contribution in [2.45, 2.75) is 82.0 Å². The molecule has 4 fully saturated rings. The number of likely N-dealkylation sites (tertiary alicyclic amines) is 3. The van der Waals surface area contributed by atoms with Crippen LogP contribution in [0.15, 0.2) is 24.3 Å². The molecule has 8 nitrogen and oxygen atoms in total. The van der Waals surface area contributed by atoms with Crippen molar-refractivity contribution in [3.05, 3.63) is 35.6 Å². The number of methoxy groups -OCH3 is 1. The minimum Gasteiger partial charge on any atom is -0.453 e. The molecule has 234 valence electrons. The molecule has 1 N–H and O–H groups in total. The molecule has 2 amide bonds. The molecule has 1 unspecified atom stereocenters. The summed E-state index contributed by atoms with van der Waals surface area (Å²) in [5.41, 5.74) is -1.40. The predicted octanol–water partition coefficient (Wildman–Crippen LogP) is 4.96. The maximum absolute atomic E-state index is 15.7. The second-order valence-corrected chi connectivity index (χ2v) is 14.0. The van der Waals surface area contributed by atoms with Gasteiger partial charge in [0.25, 0.3) is 0 Å². The zero-order valence-electron chi connectivity index (χ0n) is 25.7. The molecule has 1 saturated carbocycles. The number of rotatable bonds is 8. The fraction of sp³-hybridized carbons (Fsp3) is 0.750. The lowest BCUT2D eigenvalue weighted by atomic mass is 9.57. The van der Waals surface area contributed by atoms with E-state index < -0.39 is 23.5 Å². The number of hydrogen-bond acceptors (Lipinski definition) is 6. The zero-order chi connectivity index (χ0) is 30.1. The second-order valence-electron chi connectivity index (χ2n) is 14.0. The highest BCUT2D eigenvalue weighted by molar-refractivity contribution is 5.69. The summed E-state index contributed by atoms with van der Waals surface area (Å²) in [6.45, 7) is 10.2. The smallest absolute Gasteiger partial charge is 0.410 e. The van der Waals surface area contributed by atoms with Crippen molar-refractivity contribution < 1.29 is 27.8 Å². The van der Waals surface area contributed by atoms with E-state index in [2.05, 4.69) is 21.2 Å². The van der Waals surface area contributed by atoms with Gasteiger partial charge in [0.1, 0.15) is 11.4 Å². The number of ether oxygens (including phenoxy) is 2. The Balaban J connectivity index is 1.33. The fourth-order valence-corrected chi connectivity index (χ4v) is 7.94. The Hall–Kier alpha value is -2.46. The average Bonchev–Trinajstić information content (AvgIpc) is 3.34. The summed E-state index contributed by atoms with van der Waals surface area (Å²) in [6.07, 6.45) is 4.80. The van der Waals surface area contributed by atoms with E-state index in [0.29, 0.717) is 0 Å². The Morgan fingerprint density at radius 2 is 1.74 bits per heavy atom. The maximum Gasteiger partial charge on any atom is 0.410 e. The van der Waals surface area contributed by atoms with Crippen LogP contribution in [0.2, 0.25) is 0 Å². The van der Waals surface area contributed by atoms with Gasteiger partial charge < -0.3 is 24.6 Å². The van der Waals surface area contributed by atoms with E-state index in [1.807, 2.05) is 26.8 Å². The van der Waals surface area contributed by atoms with Gasteiger partial charge in [-0.25, -0.2) is 18.4 Å². The lowest BCUT2D eigenvalue weighted by molar-refractivity contribution is -0.0698. The molecule has 1 aromatic carbocycles. The largest absolute Gasteiger partial charge is 0.453 e. The number of benzene rings is 1. The van der Waals surface area contributed by atoms with Gasteiger partial charge in [0.15, 0.2) is 5.67 Å². The summed E-state index contributed by atoms with van der Waals surface area (Å²) >= 11 is 0. The number of hydrogen-bond donors (Lipinski definition) is 1. The normalized spacial score (nSPS) is 26.6. The SMILES string of the molecule is COC(=O)N[C@H]1CCC[C@@H]1C(CN1CCC1)(c1cccc(F)c1)C1CCN(CC2(F)CN(C(=O)OC(C)(C)C)C2)CC1. The quantitative estimate of drug-likeness (QED) is 0.461. The van der Waals surface area contributed by atoms with E-state index in [1.54, 1.807) is 6.07 Å². The Kier molecular flexibility index (Phi) is 9.05. The first-order valence-corrected chi connectivity index (χ1v) is 15.6. The van der Waals surface area contributed by atoms with Crippen LogP contribution >= 0.6 is 0 Å². The van der Waals surface area contributed by atoms with Crippen molar-refractivity contribution >= 4 is 12.2 Å². The Labute approximate surface area is 249 Å². The minimum atomic E-state index is -1.44. The van der Waals surface area contributed by atoms with Gasteiger partial charge in [-0.15, -0.1) is 0 Å². The third-order valence-corrected chi connectivity index (χ3v) is 9.89. The van der Waals surface area contributed by atoms with Crippen LogP contribution in [0.25, 0.3) is 0 Å². The first-order valence-electron chi connectivity index (χ1n) is 15.6. The maximum atomic E-state index is 15.7. The molecule has 1 aliphatic carbocycles. The molecule has 3 atom stereocenters. The van der Waals surface area contributed by atoms with E-state index in [0.717, 1.165) is 76.8 Å². The number of amides is 2. The van der Waals surface area contributed by atoms with Crippen LogP contribution in [0.1, 0.15) is 64.9 Å².